The highest BCUT2D eigenvalue weighted by atomic mass is 14.9. The second-order valence-electron chi connectivity index (χ2n) is 6.90. The van der Waals surface area contributed by atoms with Crippen LogP contribution in [0.2, 0.25) is 0 Å². The second kappa shape index (κ2) is 8.09. The Morgan fingerprint density at radius 2 is 1.92 bits per heavy atom. The van der Waals surface area contributed by atoms with Gasteiger partial charge in [-0.25, -0.2) is 0 Å². The first-order valence-electron chi connectivity index (χ1n) is 9.34. The Labute approximate surface area is 156 Å². The zero-order chi connectivity index (χ0) is 18.5. The van der Waals surface area contributed by atoms with Crippen LogP contribution in [0.1, 0.15) is 38.7 Å². The number of aromatic amines is 1. The number of rotatable bonds is 7. The van der Waals surface area contributed by atoms with Crippen molar-refractivity contribution in [1.29, 1.82) is 0 Å². The molecule has 3 rings (SSSR count). The van der Waals surface area contributed by atoms with Gasteiger partial charge in [0, 0.05) is 28.0 Å². The van der Waals surface area contributed by atoms with Crippen molar-refractivity contribution in [2.24, 2.45) is 0 Å². The van der Waals surface area contributed by atoms with Crippen LogP contribution in [0, 0.1) is 0 Å². The fourth-order valence-corrected chi connectivity index (χ4v) is 3.32. The van der Waals surface area contributed by atoms with Gasteiger partial charge in [-0.1, -0.05) is 62.1 Å². The van der Waals surface area contributed by atoms with Crippen molar-refractivity contribution in [2.75, 3.05) is 5.32 Å². The van der Waals surface area contributed by atoms with E-state index in [0.29, 0.717) is 0 Å². The lowest BCUT2D eigenvalue weighted by Crippen LogP contribution is -2.30. The first-order chi connectivity index (χ1) is 12.6. The van der Waals surface area contributed by atoms with Gasteiger partial charge in [-0.2, -0.15) is 0 Å². The molecule has 1 heterocycles. The molecule has 0 bridgehead atoms. The van der Waals surface area contributed by atoms with Crippen molar-refractivity contribution < 1.29 is 0 Å². The number of hydrogen-bond acceptors (Lipinski definition) is 1. The normalized spacial score (nSPS) is 14.6. The molecule has 0 radical (unpaired) electrons. The standard InChI is InChI=1S/C24H28N2/c1-5-17(2)15-18(3)24(26-20-11-7-6-8-12-20)19(4)22-16-25-23-14-10-9-13-21(22)23/h6-8,11-16,24-26H,3-5,9-10H2,1-2H3/b17-15-. The Morgan fingerprint density at radius 1 is 1.19 bits per heavy atom. The lowest BCUT2D eigenvalue weighted by molar-refractivity contribution is 1.04. The van der Waals surface area contributed by atoms with E-state index < -0.39 is 0 Å². The topological polar surface area (TPSA) is 27.8 Å². The number of benzene rings is 1. The van der Waals surface area contributed by atoms with Crippen LogP contribution < -0.4 is 15.9 Å². The largest absolute Gasteiger partial charge is 0.374 e. The molecule has 0 saturated carbocycles. The van der Waals surface area contributed by atoms with Crippen LogP contribution in [0.4, 0.5) is 5.69 Å². The van der Waals surface area contributed by atoms with Crippen LogP contribution in [0.5, 0.6) is 0 Å². The molecule has 0 aliphatic heterocycles. The Balaban J connectivity index is 1.98. The maximum atomic E-state index is 4.45. The van der Waals surface area contributed by atoms with E-state index in [9.17, 15) is 0 Å². The molecule has 1 aliphatic carbocycles. The molecule has 0 fully saturated rings. The quantitative estimate of drug-likeness (QED) is 0.695. The molecular weight excluding hydrogens is 316 g/mol. The highest BCUT2D eigenvalue weighted by Gasteiger charge is 2.19. The molecule has 1 unspecified atom stereocenters. The van der Waals surface area contributed by atoms with Gasteiger partial charge in [-0.15, -0.1) is 0 Å². The minimum atomic E-state index is -0.0471. The lowest BCUT2D eigenvalue weighted by atomic mass is 9.93. The molecule has 2 aromatic rings. The predicted octanol–water partition coefficient (Wildman–Crippen LogP) is 4.78. The van der Waals surface area contributed by atoms with Gasteiger partial charge in [0.2, 0.25) is 0 Å². The minimum Gasteiger partial charge on any atom is -0.374 e. The molecular formula is C24H28N2. The summed E-state index contributed by atoms with van der Waals surface area (Å²) in [5, 5.41) is 6.10. The van der Waals surface area contributed by atoms with Gasteiger partial charge in [0.05, 0.1) is 6.04 Å². The van der Waals surface area contributed by atoms with Crippen LogP contribution in [0.3, 0.4) is 0 Å². The molecule has 0 saturated heterocycles. The summed E-state index contributed by atoms with van der Waals surface area (Å²) in [5.41, 5.74) is 5.64. The fourth-order valence-electron chi connectivity index (χ4n) is 3.32. The molecule has 2 N–H and O–H groups in total. The molecule has 1 aromatic carbocycles. The smallest absolute Gasteiger partial charge is 0.0762 e. The first-order valence-corrected chi connectivity index (χ1v) is 9.34. The Hall–Kier alpha value is -2.74. The highest BCUT2D eigenvalue weighted by molar-refractivity contribution is 5.76. The maximum absolute atomic E-state index is 4.45. The Morgan fingerprint density at radius 3 is 2.65 bits per heavy atom. The number of fused-ring (bicyclic) bond motifs is 1. The van der Waals surface area contributed by atoms with Crippen molar-refractivity contribution in [3.05, 3.63) is 83.0 Å². The van der Waals surface area contributed by atoms with Gasteiger partial charge >= 0.3 is 0 Å². The van der Waals surface area contributed by atoms with Gasteiger partial charge in [-0.05, 0) is 49.5 Å². The molecule has 2 heteroatoms. The van der Waals surface area contributed by atoms with Crippen LogP contribution in [0.15, 0.2) is 66.9 Å². The third-order valence-corrected chi connectivity index (χ3v) is 4.96. The number of nitrogens with one attached hydrogen (secondary N) is 2. The van der Waals surface area contributed by atoms with Crippen molar-refractivity contribution in [3.8, 4) is 0 Å². The summed E-state index contributed by atoms with van der Waals surface area (Å²) in [6.45, 7) is 13.1. The van der Waals surface area contributed by atoms with E-state index in [2.05, 4.69) is 73.9 Å². The van der Waals surface area contributed by atoms with Gasteiger partial charge in [-0.3, -0.25) is 0 Å². The van der Waals surface area contributed by atoms with E-state index in [-0.39, 0.29) is 6.04 Å². The van der Waals surface area contributed by atoms with Crippen LogP contribution in [-0.2, 0) is 0 Å². The number of allylic oxidation sites excluding steroid dienone is 1. The summed E-state index contributed by atoms with van der Waals surface area (Å²) in [7, 11) is 0. The number of hydrogen-bond donors (Lipinski definition) is 2. The zero-order valence-corrected chi connectivity index (χ0v) is 15.8. The SMILES string of the molecule is C=C(/C=C(/C)CC)C(Nc1ccccc1)C(=C)c1c[nH]c2c1=CCCC=2. The summed E-state index contributed by atoms with van der Waals surface area (Å²) in [5.74, 6) is 0. The molecule has 0 spiro atoms. The summed E-state index contributed by atoms with van der Waals surface area (Å²) in [6, 6.07) is 10.2. The summed E-state index contributed by atoms with van der Waals surface area (Å²) in [6.07, 6.45) is 12.0. The van der Waals surface area contributed by atoms with E-state index in [0.717, 1.165) is 36.1 Å². The number of para-hydroxylation sites is 1. The molecule has 2 nitrogen and oxygen atoms in total. The molecule has 1 aliphatic rings. The van der Waals surface area contributed by atoms with Gasteiger partial charge in [0.25, 0.3) is 0 Å². The third-order valence-electron chi connectivity index (χ3n) is 4.96. The van der Waals surface area contributed by atoms with Crippen LogP contribution in [-0.4, -0.2) is 11.0 Å². The second-order valence-corrected chi connectivity index (χ2v) is 6.90. The number of anilines is 1. The van der Waals surface area contributed by atoms with Gasteiger partial charge < -0.3 is 10.3 Å². The average molecular weight is 345 g/mol. The van der Waals surface area contributed by atoms with Crippen molar-refractivity contribution in [2.45, 2.75) is 39.2 Å². The van der Waals surface area contributed by atoms with E-state index in [1.165, 1.54) is 21.7 Å². The summed E-state index contributed by atoms with van der Waals surface area (Å²) in [4.78, 5) is 3.40. The van der Waals surface area contributed by atoms with E-state index in [1.54, 1.807) is 0 Å². The first kappa shape index (κ1) is 18.1. The fraction of sp³-hybridized carbons (Fsp3) is 0.250. The molecule has 134 valence electrons. The number of aromatic nitrogens is 1. The van der Waals surface area contributed by atoms with Crippen molar-refractivity contribution in [1.82, 2.24) is 4.98 Å². The maximum Gasteiger partial charge on any atom is 0.0762 e. The van der Waals surface area contributed by atoms with Crippen LogP contribution in [0.25, 0.3) is 17.7 Å². The number of H-pyrrole nitrogens is 1. The molecule has 26 heavy (non-hydrogen) atoms. The zero-order valence-electron chi connectivity index (χ0n) is 15.8. The predicted molar refractivity (Wildman–Crippen MR) is 114 cm³/mol. The van der Waals surface area contributed by atoms with E-state index >= 15 is 0 Å². The molecule has 0 amide bonds. The summed E-state index contributed by atoms with van der Waals surface area (Å²) >= 11 is 0. The third kappa shape index (κ3) is 3.91. The van der Waals surface area contributed by atoms with Gasteiger partial charge in [0.1, 0.15) is 0 Å². The van der Waals surface area contributed by atoms with Crippen molar-refractivity contribution >= 4 is 23.4 Å². The monoisotopic (exact) mass is 344 g/mol. The van der Waals surface area contributed by atoms with E-state index in [4.69, 9.17) is 0 Å². The Kier molecular flexibility index (Phi) is 5.62. The van der Waals surface area contributed by atoms with Crippen molar-refractivity contribution in [3.63, 3.8) is 0 Å². The highest BCUT2D eigenvalue weighted by Crippen LogP contribution is 2.24. The lowest BCUT2D eigenvalue weighted by Gasteiger charge is -2.23. The van der Waals surface area contributed by atoms with Crippen LogP contribution >= 0.6 is 0 Å². The average Bonchev–Trinajstić information content (AvgIpc) is 3.10. The summed E-state index contributed by atoms with van der Waals surface area (Å²) < 4.78 is 0. The molecule has 1 aromatic heterocycles. The van der Waals surface area contributed by atoms with E-state index in [1.807, 2.05) is 18.2 Å². The molecule has 1 atom stereocenters. The minimum absolute atomic E-state index is 0.0471. The van der Waals surface area contributed by atoms with Gasteiger partial charge in [0.15, 0.2) is 0 Å². The Bertz CT molecular complexity index is 942.